The van der Waals surface area contributed by atoms with Gasteiger partial charge in [0.05, 0.1) is 27.5 Å². The predicted octanol–water partition coefficient (Wildman–Crippen LogP) is 2.75. The fourth-order valence-corrected chi connectivity index (χ4v) is 3.21. The SMILES string of the molecule is O=C(NCc1ccc(Cn2cc(Cl)cn2)cc1)c1nc(Cn2cc(I)cn2)no1. The monoisotopic (exact) mass is 523 g/mol. The average Bonchev–Trinajstić information content (AvgIpc) is 3.44. The normalized spacial score (nSPS) is 11.0. The fourth-order valence-electron chi connectivity index (χ4n) is 2.61. The molecule has 0 saturated carbocycles. The van der Waals surface area contributed by atoms with Crippen molar-refractivity contribution >= 4 is 40.1 Å². The molecule has 0 aliphatic rings. The minimum absolute atomic E-state index is 0.0750. The molecule has 0 aliphatic heterocycles. The van der Waals surface area contributed by atoms with E-state index in [4.69, 9.17) is 16.1 Å². The van der Waals surface area contributed by atoms with Crippen LogP contribution in [-0.4, -0.2) is 35.6 Å². The molecular weight excluding hydrogens is 509 g/mol. The van der Waals surface area contributed by atoms with Crippen LogP contribution in [0.2, 0.25) is 5.02 Å². The molecule has 0 unspecified atom stereocenters. The molecule has 0 atom stereocenters. The average molecular weight is 524 g/mol. The summed E-state index contributed by atoms with van der Waals surface area (Å²) in [5.74, 6) is -0.110. The molecule has 0 bridgehead atoms. The Morgan fingerprint density at radius 3 is 2.48 bits per heavy atom. The molecular formula is C18H15ClIN7O2. The van der Waals surface area contributed by atoms with Crippen molar-refractivity contribution in [2.75, 3.05) is 0 Å². The lowest BCUT2D eigenvalue weighted by Crippen LogP contribution is -2.23. The van der Waals surface area contributed by atoms with Gasteiger partial charge >= 0.3 is 11.8 Å². The van der Waals surface area contributed by atoms with Crippen molar-refractivity contribution in [3.63, 3.8) is 0 Å². The number of amides is 1. The van der Waals surface area contributed by atoms with Gasteiger partial charge in [0.15, 0.2) is 5.82 Å². The van der Waals surface area contributed by atoms with Gasteiger partial charge in [-0.15, -0.1) is 0 Å². The molecule has 11 heteroatoms. The van der Waals surface area contributed by atoms with E-state index >= 15 is 0 Å². The lowest BCUT2D eigenvalue weighted by molar-refractivity contribution is 0.0907. The topological polar surface area (TPSA) is 104 Å². The van der Waals surface area contributed by atoms with Crippen molar-refractivity contribution in [1.29, 1.82) is 0 Å². The summed E-state index contributed by atoms with van der Waals surface area (Å²) < 4.78 is 9.48. The van der Waals surface area contributed by atoms with Crippen LogP contribution in [0, 0.1) is 3.57 Å². The number of nitrogens with zero attached hydrogens (tertiary/aromatic N) is 6. The van der Waals surface area contributed by atoms with E-state index in [1.54, 1.807) is 28.0 Å². The Morgan fingerprint density at radius 2 is 1.79 bits per heavy atom. The Hall–Kier alpha value is -2.73. The Morgan fingerprint density at radius 1 is 1.07 bits per heavy atom. The minimum atomic E-state index is -0.422. The van der Waals surface area contributed by atoms with Gasteiger partial charge in [0.25, 0.3) is 0 Å². The summed E-state index contributed by atoms with van der Waals surface area (Å²) in [6.07, 6.45) is 6.94. The molecule has 0 fully saturated rings. The van der Waals surface area contributed by atoms with Gasteiger partial charge in [-0.05, 0) is 33.7 Å². The highest BCUT2D eigenvalue weighted by atomic mass is 127. The summed E-state index contributed by atoms with van der Waals surface area (Å²) in [6, 6.07) is 7.85. The van der Waals surface area contributed by atoms with Crippen molar-refractivity contribution in [2.24, 2.45) is 0 Å². The molecule has 3 heterocycles. The number of rotatable bonds is 7. The summed E-state index contributed by atoms with van der Waals surface area (Å²) in [5.41, 5.74) is 2.03. The molecule has 29 heavy (non-hydrogen) atoms. The molecule has 0 spiro atoms. The minimum Gasteiger partial charge on any atom is -0.344 e. The van der Waals surface area contributed by atoms with Gasteiger partial charge in [0.2, 0.25) is 0 Å². The maximum atomic E-state index is 12.2. The highest BCUT2D eigenvalue weighted by Gasteiger charge is 2.15. The van der Waals surface area contributed by atoms with Crippen molar-refractivity contribution < 1.29 is 9.32 Å². The van der Waals surface area contributed by atoms with Crippen molar-refractivity contribution in [3.8, 4) is 0 Å². The maximum Gasteiger partial charge on any atom is 0.316 e. The zero-order valence-electron chi connectivity index (χ0n) is 15.0. The molecule has 0 aliphatic carbocycles. The first kappa shape index (κ1) is 19.6. The third-order valence-electron chi connectivity index (χ3n) is 3.99. The molecule has 148 valence electrons. The van der Waals surface area contributed by atoms with Crippen LogP contribution in [0.15, 0.2) is 53.6 Å². The zero-order chi connectivity index (χ0) is 20.2. The summed E-state index contributed by atoms with van der Waals surface area (Å²) in [5, 5.41) is 15.5. The second-order valence-electron chi connectivity index (χ2n) is 6.23. The van der Waals surface area contributed by atoms with Gasteiger partial charge in [0, 0.05) is 18.9 Å². The maximum absolute atomic E-state index is 12.2. The standard InChI is InChI=1S/C18H15ClIN7O2/c19-14-6-22-26(9-14)8-13-3-1-12(2-4-13)5-21-17(28)18-24-16(25-29-18)11-27-10-15(20)7-23-27/h1-4,6-7,9-10H,5,8,11H2,(H,21,28). The largest absolute Gasteiger partial charge is 0.344 e. The van der Waals surface area contributed by atoms with Gasteiger partial charge in [-0.1, -0.05) is 41.0 Å². The van der Waals surface area contributed by atoms with Crippen molar-refractivity contribution in [1.82, 2.24) is 35.0 Å². The molecule has 4 aromatic rings. The van der Waals surface area contributed by atoms with Gasteiger partial charge < -0.3 is 9.84 Å². The summed E-state index contributed by atoms with van der Waals surface area (Å²) in [4.78, 5) is 16.4. The third kappa shape index (κ3) is 5.21. The van der Waals surface area contributed by atoms with E-state index in [9.17, 15) is 4.79 Å². The fraction of sp³-hybridized carbons (Fsp3) is 0.167. The summed E-state index contributed by atoms with van der Waals surface area (Å²) >= 11 is 8.03. The van der Waals surface area contributed by atoms with Crippen LogP contribution in [0.1, 0.15) is 27.6 Å². The van der Waals surface area contributed by atoms with Crippen LogP contribution >= 0.6 is 34.2 Å². The van der Waals surface area contributed by atoms with E-state index in [1.807, 2.05) is 30.5 Å². The Balaban J connectivity index is 1.30. The van der Waals surface area contributed by atoms with Crippen LogP contribution in [0.5, 0.6) is 0 Å². The van der Waals surface area contributed by atoms with Gasteiger partial charge in [-0.3, -0.25) is 14.2 Å². The van der Waals surface area contributed by atoms with E-state index < -0.39 is 5.91 Å². The molecule has 0 radical (unpaired) electrons. The smallest absolute Gasteiger partial charge is 0.316 e. The first-order chi connectivity index (χ1) is 14.0. The molecule has 3 aromatic heterocycles. The Kier molecular flexibility index (Phi) is 5.90. The van der Waals surface area contributed by atoms with Crippen LogP contribution in [0.25, 0.3) is 0 Å². The van der Waals surface area contributed by atoms with E-state index in [0.717, 1.165) is 14.7 Å². The van der Waals surface area contributed by atoms with E-state index in [-0.39, 0.29) is 5.89 Å². The van der Waals surface area contributed by atoms with Crippen molar-refractivity contribution in [2.45, 2.75) is 19.6 Å². The number of nitrogens with one attached hydrogen (secondary N) is 1. The number of hydrogen-bond acceptors (Lipinski definition) is 6. The highest BCUT2D eigenvalue weighted by Crippen LogP contribution is 2.10. The van der Waals surface area contributed by atoms with E-state index in [1.165, 1.54) is 0 Å². The molecule has 1 amide bonds. The van der Waals surface area contributed by atoms with Crippen LogP contribution < -0.4 is 5.32 Å². The lowest BCUT2D eigenvalue weighted by atomic mass is 10.1. The van der Waals surface area contributed by atoms with E-state index in [2.05, 4.69) is 48.2 Å². The first-order valence-electron chi connectivity index (χ1n) is 8.60. The van der Waals surface area contributed by atoms with Gasteiger partial charge in [0.1, 0.15) is 6.54 Å². The predicted molar refractivity (Wildman–Crippen MR) is 112 cm³/mol. The number of carbonyl (C=O) groups excluding carboxylic acids is 1. The Labute approximate surface area is 184 Å². The number of halogens is 2. The second kappa shape index (κ2) is 8.74. The number of hydrogen-bond donors (Lipinski definition) is 1. The molecule has 4 rings (SSSR count). The third-order valence-corrected chi connectivity index (χ3v) is 4.74. The molecule has 1 aromatic carbocycles. The number of benzene rings is 1. The molecule has 1 N–H and O–H groups in total. The summed E-state index contributed by atoms with van der Waals surface area (Å²) in [6.45, 7) is 1.31. The second-order valence-corrected chi connectivity index (χ2v) is 7.91. The number of aromatic nitrogens is 6. The van der Waals surface area contributed by atoms with E-state index in [0.29, 0.717) is 30.5 Å². The van der Waals surface area contributed by atoms with Crippen LogP contribution in [0.4, 0.5) is 0 Å². The van der Waals surface area contributed by atoms with Crippen molar-refractivity contribution in [3.05, 3.63) is 80.5 Å². The number of carbonyl (C=O) groups is 1. The zero-order valence-corrected chi connectivity index (χ0v) is 17.9. The lowest BCUT2D eigenvalue weighted by Gasteiger charge is -2.05. The van der Waals surface area contributed by atoms with Crippen LogP contribution in [0.3, 0.4) is 0 Å². The van der Waals surface area contributed by atoms with Crippen LogP contribution in [-0.2, 0) is 19.6 Å². The quantitative estimate of drug-likeness (QED) is 0.374. The van der Waals surface area contributed by atoms with Gasteiger partial charge in [-0.2, -0.15) is 15.2 Å². The Bertz CT molecular complexity index is 1120. The molecule has 0 saturated heterocycles. The summed E-state index contributed by atoms with van der Waals surface area (Å²) in [7, 11) is 0. The first-order valence-corrected chi connectivity index (χ1v) is 10.1. The highest BCUT2D eigenvalue weighted by molar-refractivity contribution is 14.1. The molecule has 9 nitrogen and oxygen atoms in total. The van der Waals surface area contributed by atoms with Gasteiger partial charge in [-0.25, -0.2) is 0 Å².